The van der Waals surface area contributed by atoms with Crippen LogP contribution in [-0.2, 0) is 4.74 Å². The molecule has 4 aliphatic carbocycles. The maximum absolute atomic E-state index is 6.59. The van der Waals surface area contributed by atoms with Crippen molar-refractivity contribution in [2.45, 2.75) is 39.5 Å². The van der Waals surface area contributed by atoms with E-state index in [9.17, 15) is 0 Å². The normalized spacial score (nSPS) is 42.4. The van der Waals surface area contributed by atoms with Crippen molar-refractivity contribution in [2.24, 2.45) is 28.6 Å². The molecule has 4 aliphatic rings. The van der Waals surface area contributed by atoms with Gasteiger partial charge < -0.3 is 4.74 Å². The molecule has 21 heavy (non-hydrogen) atoms. The molecule has 4 atom stereocenters. The minimum atomic E-state index is 0.225. The van der Waals surface area contributed by atoms with Gasteiger partial charge in [-0.05, 0) is 48.5 Å². The lowest BCUT2D eigenvalue weighted by molar-refractivity contribution is 0.290. The highest BCUT2D eigenvalue weighted by molar-refractivity contribution is 6.36. The van der Waals surface area contributed by atoms with Crippen molar-refractivity contribution in [3.05, 3.63) is 21.4 Å². The number of methoxy groups -OCH3 is 1. The second kappa shape index (κ2) is 4.24. The fraction of sp³-hybridized carbons (Fsp3) is 0.667. The number of allylic oxidation sites excluding steroid dienone is 3. The molecule has 4 unspecified atom stereocenters. The third-order valence-corrected chi connectivity index (χ3v) is 7.02. The van der Waals surface area contributed by atoms with Gasteiger partial charge in [-0.1, -0.05) is 48.9 Å². The van der Waals surface area contributed by atoms with Crippen LogP contribution in [0.2, 0.25) is 0 Å². The molecule has 0 saturated heterocycles. The molecule has 0 heterocycles. The molecule has 1 spiro atoms. The molecule has 2 fully saturated rings. The molecular weight excluding hydrogens is 303 g/mol. The second-order valence-electron chi connectivity index (χ2n) is 7.48. The average Bonchev–Trinajstić information content (AvgIpc) is 3.30. The van der Waals surface area contributed by atoms with Gasteiger partial charge >= 0.3 is 0 Å². The third kappa shape index (κ3) is 1.79. The first-order valence-electron chi connectivity index (χ1n) is 7.78. The third-order valence-electron chi connectivity index (χ3n) is 6.06. The Bertz CT molecular complexity index is 644. The Kier molecular flexibility index (Phi) is 2.84. The molecule has 0 aliphatic heterocycles. The quantitative estimate of drug-likeness (QED) is 0.660. The Morgan fingerprint density at radius 2 is 2.00 bits per heavy atom. The fourth-order valence-electron chi connectivity index (χ4n) is 4.29. The maximum Gasteiger partial charge on any atom is 0.152 e. The van der Waals surface area contributed by atoms with Crippen LogP contribution in [0.5, 0.6) is 0 Å². The summed E-state index contributed by atoms with van der Waals surface area (Å²) in [6.07, 6.45) is 4.90. The molecule has 0 aromatic carbocycles. The minimum Gasteiger partial charge on any atom is -0.494 e. The Morgan fingerprint density at radius 1 is 1.29 bits per heavy atom. The van der Waals surface area contributed by atoms with Crippen LogP contribution in [0.3, 0.4) is 0 Å². The first kappa shape index (κ1) is 14.0. The van der Waals surface area contributed by atoms with E-state index in [0.29, 0.717) is 22.1 Å². The molecule has 4 rings (SSSR count). The van der Waals surface area contributed by atoms with Crippen LogP contribution in [0.1, 0.15) is 39.5 Å². The molecule has 112 valence electrons. The predicted octanol–water partition coefficient (Wildman–Crippen LogP) is 5.06. The first-order chi connectivity index (χ1) is 9.93. The first-order valence-corrected chi connectivity index (χ1v) is 8.54. The summed E-state index contributed by atoms with van der Waals surface area (Å²) in [7, 11) is 1.64. The van der Waals surface area contributed by atoms with Crippen molar-refractivity contribution < 1.29 is 4.74 Å². The molecule has 0 amide bonds. The van der Waals surface area contributed by atoms with E-state index in [1.807, 2.05) is 0 Å². The summed E-state index contributed by atoms with van der Waals surface area (Å²) in [5, 5.41) is 1.46. The van der Waals surface area contributed by atoms with Crippen LogP contribution >= 0.6 is 23.2 Å². The molecule has 0 bridgehead atoms. The van der Waals surface area contributed by atoms with E-state index in [1.54, 1.807) is 7.11 Å². The molecular formula is C18H20Cl2O. The van der Waals surface area contributed by atoms with Gasteiger partial charge in [0.25, 0.3) is 0 Å². The van der Waals surface area contributed by atoms with Gasteiger partial charge in [-0.3, -0.25) is 0 Å². The molecule has 0 radical (unpaired) electrons. The van der Waals surface area contributed by atoms with E-state index in [0.717, 1.165) is 17.4 Å². The van der Waals surface area contributed by atoms with Crippen molar-refractivity contribution in [1.29, 1.82) is 0 Å². The zero-order valence-corrected chi connectivity index (χ0v) is 14.2. The van der Waals surface area contributed by atoms with Crippen molar-refractivity contribution in [3.8, 4) is 11.8 Å². The van der Waals surface area contributed by atoms with Gasteiger partial charge in [0.2, 0.25) is 0 Å². The van der Waals surface area contributed by atoms with Gasteiger partial charge in [0, 0.05) is 0 Å². The number of halogens is 2. The molecule has 2 saturated carbocycles. The topological polar surface area (TPSA) is 9.23 Å². The van der Waals surface area contributed by atoms with Crippen LogP contribution in [-0.4, -0.2) is 7.11 Å². The molecule has 1 nitrogen and oxygen atoms in total. The number of ether oxygens (including phenoxy) is 1. The smallest absolute Gasteiger partial charge is 0.152 e. The fourth-order valence-corrected chi connectivity index (χ4v) is 4.96. The zero-order chi connectivity index (χ0) is 15.0. The van der Waals surface area contributed by atoms with E-state index in [2.05, 4.69) is 25.7 Å². The summed E-state index contributed by atoms with van der Waals surface area (Å²) in [5.41, 5.74) is 2.04. The van der Waals surface area contributed by atoms with E-state index in [4.69, 9.17) is 27.9 Å². The Morgan fingerprint density at radius 3 is 2.52 bits per heavy atom. The summed E-state index contributed by atoms with van der Waals surface area (Å²) in [6.45, 7) is 4.55. The Labute approximate surface area is 136 Å². The lowest BCUT2D eigenvalue weighted by Crippen LogP contribution is -2.29. The highest BCUT2D eigenvalue weighted by atomic mass is 35.5. The number of hydrogen-bond donors (Lipinski definition) is 0. The van der Waals surface area contributed by atoms with Crippen LogP contribution in [0, 0.1) is 40.4 Å². The highest BCUT2D eigenvalue weighted by Crippen LogP contribution is 2.75. The number of rotatable bonds is 3. The van der Waals surface area contributed by atoms with E-state index in [-0.39, 0.29) is 11.3 Å². The van der Waals surface area contributed by atoms with Crippen LogP contribution in [0.4, 0.5) is 0 Å². The average molecular weight is 323 g/mol. The zero-order valence-electron chi connectivity index (χ0n) is 12.7. The Balaban J connectivity index is 1.67. The summed E-state index contributed by atoms with van der Waals surface area (Å²) in [6, 6.07) is 0. The van der Waals surface area contributed by atoms with Gasteiger partial charge in [-0.15, -0.1) is 0 Å². The largest absolute Gasteiger partial charge is 0.494 e. The molecule has 0 N–H and O–H groups in total. The molecule has 0 aromatic heterocycles. The molecule has 0 aromatic rings. The summed E-state index contributed by atoms with van der Waals surface area (Å²) in [4.78, 5) is 0. The Hall–Kier alpha value is -0.580. The molecule has 3 heteroatoms. The van der Waals surface area contributed by atoms with Gasteiger partial charge in [-0.2, -0.15) is 0 Å². The van der Waals surface area contributed by atoms with Crippen molar-refractivity contribution in [1.82, 2.24) is 0 Å². The van der Waals surface area contributed by atoms with E-state index < -0.39 is 0 Å². The van der Waals surface area contributed by atoms with Crippen LogP contribution < -0.4 is 0 Å². The minimum absolute atomic E-state index is 0.225. The second-order valence-corrected chi connectivity index (χ2v) is 8.26. The standard InChI is InChI=1S/C18H20Cl2O/c1-10-8-11(15(20)16(21-3)14(10)19)12-4-5-18(12)9-13(18)17(2)6-7-17/h10,12-13H,6-9H2,1-3H3. The lowest BCUT2D eigenvalue weighted by atomic mass is 9.70. The van der Waals surface area contributed by atoms with Crippen molar-refractivity contribution >= 4 is 23.2 Å². The van der Waals surface area contributed by atoms with Gasteiger partial charge in [-0.25, -0.2) is 0 Å². The van der Waals surface area contributed by atoms with Gasteiger partial charge in [0.1, 0.15) is 0 Å². The maximum atomic E-state index is 6.59. The summed E-state index contributed by atoms with van der Waals surface area (Å²) >= 11 is 13.0. The van der Waals surface area contributed by atoms with E-state index in [1.165, 1.54) is 24.8 Å². The van der Waals surface area contributed by atoms with E-state index >= 15 is 0 Å². The van der Waals surface area contributed by atoms with Crippen LogP contribution in [0.15, 0.2) is 21.4 Å². The number of hydrogen-bond acceptors (Lipinski definition) is 1. The summed E-state index contributed by atoms with van der Waals surface area (Å²) < 4.78 is 5.44. The monoisotopic (exact) mass is 322 g/mol. The highest BCUT2D eigenvalue weighted by Gasteiger charge is 2.70. The lowest BCUT2D eigenvalue weighted by Gasteiger charge is -2.34. The SMILES string of the molecule is COC1=C(Cl)C(C)CC(C2C#CC23CC3C2(C)CC2)=C1Cl. The summed E-state index contributed by atoms with van der Waals surface area (Å²) in [5.74, 6) is 8.91. The van der Waals surface area contributed by atoms with Gasteiger partial charge in [0.05, 0.1) is 28.5 Å². The van der Waals surface area contributed by atoms with Crippen molar-refractivity contribution in [3.63, 3.8) is 0 Å². The van der Waals surface area contributed by atoms with Crippen molar-refractivity contribution in [2.75, 3.05) is 7.11 Å². The van der Waals surface area contributed by atoms with Gasteiger partial charge in [0.15, 0.2) is 5.76 Å². The predicted molar refractivity (Wildman–Crippen MR) is 85.7 cm³/mol. The van der Waals surface area contributed by atoms with Crippen LogP contribution in [0.25, 0.3) is 0 Å².